The van der Waals surface area contributed by atoms with Gasteiger partial charge in [-0.05, 0) is 5.56 Å². The van der Waals surface area contributed by atoms with Crippen LogP contribution in [0.4, 0.5) is 39.5 Å². The summed E-state index contributed by atoms with van der Waals surface area (Å²) in [6.07, 6.45) is -10.1. The van der Waals surface area contributed by atoms with Crippen molar-refractivity contribution in [1.29, 1.82) is 0 Å². The standard InChI is InChI=1S/C12H8F9O5P/c13-8(14,7(25-27(22,23)24)6-4-2-1-3-5-6)11(19)9(15,16)10(17,18)12(20,21)26-11/h1-5,7H,(H2,22,23,24). The fourth-order valence-corrected chi connectivity index (χ4v) is 2.77. The zero-order chi connectivity index (χ0) is 21.1. The van der Waals surface area contributed by atoms with Crippen molar-refractivity contribution in [2.24, 2.45) is 0 Å². The second kappa shape index (κ2) is 6.08. The Morgan fingerprint density at radius 3 is 1.81 bits per heavy atom. The normalized spacial score (nSPS) is 28.1. The predicted molar refractivity (Wildman–Crippen MR) is 67.0 cm³/mol. The molecule has 1 aromatic carbocycles. The van der Waals surface area contributed by atoms with Gasteiger partial charge in [0.25, 0.3) is 0 Å². The lowest BCUT2D eigenvalue weighted by Gasteiger charge is -2.37. The number of phosphoric ester groups is 1. The minimum absolute atomic E-state index is 0.570. The fourth-order valence-electron chi connectivity index (χ4n) is 2.24. The van der Waals surface area contributed by atoms with E-state index in [-0.39, 0.29) is 0 Å². The summed E-state index contributed by atoms with van der Waals surface area (Å²) in [5.74, 6) is -26.0. The first-order chi connectivity index (χ1) is 11.9. The van der Waals surface area contributed by atoms with Crippen LogP contribution in [0, 0.1) is 0 Å². The maximum atomic E-state index is 14.5. The van der Waals surface area contributed by atoms with Crippen LogP contribution in [0.1, 0.15) is 11.7 Å². The Bertz CT molecular complexity index is 753. The lowest BCUT2D eigenvalue weighted by Crippen LogP contribution is -2.62. The molecule has 154 valence electrons. The molecule has 27 heavy (non-hydrogen) atoms. The van der Waals surface area contributed by atoms with E-state index >= 15 is 0 Å². The van der Waals surface area contributed by atoms with Gasteiger partial charge in [0.15, 0.2) is 6.10 Å². The Hall–Kier alpha value is -1.34. The summed E-state index contributed by atoms with van der Waals surface area (Å²) in [6.45, 7) is 0. The van der Waals surface area contributed by atoms with Gasteiger partial charge in [-0.15, -0.1) is 0 Å². The van der Waals surface area contributed by atoms with Crippen LogP contribution < -0.4 is 0 Å². The first-order valence-corrected chi connectivity index (χ1v) is 8.13. The number of halogens is 9. The van der Waals surface area contributed by atoms with Crippen LogP contribution in [0.25, 0.3) is 0 Å². The third-order valence-electron chi connectivity index (χ3n) is 3.54. The van der Waals surface area contributed by atoms with Gasteiger partial charge >= 0.3 is 37.6 Å². The number of rotatable bonds is 5. The van der Waals surface area contributed by atoms with Crippen molar-refractivity contribution in [3.05, 3.63) is 35.9 Å². The molecule has 1 aromatic rings. The fraction of sp³-hybridized carbons (Fsp3) is 0.500. The summed E-state index contributed by atoms with van der Waals surface area (Å²) in [6, 6.07) is 4.10. The molecule has 2 N–H and O–H groups in total. The van der Waals surface area contributed by atoms with Crippen molar-refractivity contribution < 1.29 is 63.1 Å². The van der Waals surface area contributed by atoms with E-state index in [2.05, 4.69) is 9.26 Å². The SMILES string of the molecule is O=P(O)(O)OC(c1ccccc1)C(F)(F)C1(F)OC(F)(F)C(F)(F)C1(F)F. The van der Waals surface area contributed by atoms with E-state index < -0.39 is 49.2 Å². The van der Waals surface area contributed by atoms with Gasteiger partial charge in [-0.1, -0.05) is 30.3 Å². The molecule has 0 aromatic heterocycles. The predicted octanol–water partition coefficient (Wildman–Crippen LogP) is 4.03. The highest BCUT2D eigenvalue weighted by molar-refractivity contribution is 7.46. The van der Waals surface area contributed by atoms with Gasteiger partial charge in [-0.3, -0.25) is 9.26 Å². The number of hydrogen-bond donors (Lipinski definition) is 2. The molecule has 0 amide bonds. The molecule has 2 rings (SSSR count). The second-order valence-corrected chi connectivity index (χ2v) is 6.56. The number of phosphoric acid groups is 1. The molecule has 15 heteroatoms. The summed E-state index contributed by atoms with van der Waals surface area (Å²) in [4.78, 5) is 17.4. The van der Waals surface area contributed by atoms with Crippen molar-refractivity contribution in [1.82, 2.24) is 0 Å². The van der Waals surface area contributed by atoms with Gasteiger partial charge in [0.05, 0.1) is 0 Å². The van der Waals surface area contributed by atoms with Crippen LogP contribution in [-0.4, -0.2) is 39.5 Å². The van der Waals surface area contributed by atoms with Crippen LogP contribution in [0.3, 0.4) is 0 Å². The van der Waals surface area contributed by atoms with Crippen molar-refractivity contribution in [2.45, 2.75) is 35.8 Å². The third-order valence-corrected chi connectivity index (χ3v) is 4.02. The molecule has 0 saturated carbocycles. The molecule has 1 aliphatic rings. The summed E-state index contributed by atoms with van der Waals surface area (Å²) in [7, 11) is -5.98. The topological polar surface area (TPSA) is 76.0 Å². The molecule has 0 bridgehead atoms. The molecule has 1 fully saturated rings. The quantitative estimate of drug-likeness (QED) is 0.541. The summed E-state index contributed by atoms with van der Waals surface area (Å²) < 4.78 is 140. The highest BCUT2D eigenvalue weighted by atomic mass is 31.2. The summed E-state index contributed by atoms with van der Waals surface area (Å²) in [5.41, 5.74) is -1.10. The van der Waals surface area contributed by atoms with Crippen LogP contribution in [-0.2, 0) is 13.8 Å². The molecule has 5 nitrogen and oxygen atoms in total. The Morgan fingerprint density at radius 1 is 0.963 bits per heavy atom. The molecule has 1 heterocycles. The maximum absolute atomic E-state index is 14.5. The van der Waals surface area contributed by atoms with E-state index in [4.69, 9.17) is 9.79 Å². The van der Waals surface area contributed by atoms with Gasteiger partial charge in [0, 0.05) is 0 Å². The van der Waals surface area contributed by atoms with Crippen LogP contribution in [0.15, 0.2) is 30.3 Å². The van der Waals surface area contributed by atoms with E-state index in [9.17, 15) is 44.1 Å². The highest BCUT2D eigenvalue weighted by Crippen LogP contribution is 2.67. The van der Waals surface area contributed by atoms with Gasteiger partial charge < -0.3 is 9.79 Å². The van der Waals surface area contributed by atoms with Crippen molar-refractivity contribution in [3.63, 3.8) is 0 Å². The van der Waals surface area contributed by atoms with Crippen molar-refractivity contribution in [2.75, 3.05) is 0 Å². The van der Waals surface area contributed by atoms with E-state index in [1.807, 2.05) is 0 Å². The van der Waals surface area contributed by atoms with E-state index in [0.717, 1.165) is 18.2 Å². The molecule has 1 saturated heterocycles. The average molecular weight is 434 g/mol. The van der Waals surface area contributed by atoms with Gasteiger partial charge in [0.2, 0.25) is 0 Å². The molecule has 2 unspecified atom stereocenters. The van der Waals surface area contributed by atoms with Gasteiger partial charge in [-0.2, -0.15) is 39.5 Å². The van der Waals surface area contributed by atoms with Gasteiger partial charge in [-0.25, -0.2) is 4.57 Å². The van der Waals surface area contributed by atoms with Gasteiger partial charge in [0.1, 0.15) is 0 Å². The first kappa shape index (κ1) is 22.0. The van der Waals surface area contributed by atoms with Crippen molar-refractivity contribution in [3.8, 4) is 0 Å². The lowest BCUT2D eigenvalue weighted by atomic mass is 9.92. The summed E-state index contributed by atoms with van der Waals surface area (Å²) in [5, 5.41) is 0. The Balaban J connectivity index is 2.67. The van der Waals surface area contributed by atoms with E-state index in [1.54, 1.807) is 0 Å². The Kier molecular flexibility index (Phi) is 4.94. The maximum Gasteiger partial charge on any atom is 0.470 e. The minimum atomic E-state index is -6.81. The van der Waals surface area contributed by atoms with E-state index in [0.29, 0.717) is 12.1 Å². The Morgan fingerprint density at radius 2 is 1.44 bits per heavy atom. The number of benzene rings is 1. The zero-order valence-electron chi connectivity index (χ0n) is 12.4. The molecule has 1 aliphatic heterocycles. The zero-order valence-corrected chi connectivity index (χ0v) is 13.3. The molecule has 0 spiro atoms. The minimum Gasteiger partial charge on any atom is -0.303 e. The lowest BCUT2D eigenvalue weighted by molar-refractivity contribution is -0.389. The second-order valence-electron chi connectivity index (χ2n) is 5.37. The highest BCUT2D eigenvalue weighted by Gasteiger charge is 2.95. The van der Waals surface area contributed by atoms with Crippen molar-refractivity contribution >= 4 is 7.82 Å². The first-order valence-electron chi connectivity index (χ1n) is 6.60. The molecule has 0 aliphatic carbocycles. The number of alkyl halides is 9. The average Bonchev–Trinajstić information content (AvgIpc) is 2.60. The Labute approximate surface area is 143 Å². The molecule has 0 radical (unpaired) electrons. The number of hydrogen-bond acceptors (Lipinski definition) is 3. The molecular formula is C12H8F9O5P. The molecule has 2 atom stereocenters. The third kappa shape index (κ3) is 3.12. The molecular weight excluding hydrogens is 426 g/mol. The number of ether oxygens (including phenoxy) is 1. The summed E-state index contributed by atoms with van der Waals surface area (Å²) >= 11 is 0. The van der Waals surface area contributed by atoms with Crippen LogP contribution >= 0.6 is 7.82 Å². The smallest absolute Gasteiger partial charge is 0.303 e. The monoisotopic (exact) mass is 434 g/mol. The van der Waals surface area contributed by atoms with E-state index in [1.165, 1.54) is 0 Å². The van der Waals surface area contributed by atoms with Crippen LogP contribution in [0.2, 0.25) is 0 Å². The largest absolute Gasteiger partial charge is 0.470 e. The van der Waals surface area contributed by atoms with Crippen LogP contribution in [0.5, 0.6) is 0 Å².